The van der Waals surface area contributed by atoms with Crippen LogP contribution in [0, 0.1) is 13.8 Å². The van der Waals surface area contributed by atoms with E-state index >= 15 is 0 Å². The van der Waals surface area contributed by atoms with Crippen LogP contribution in [-0.2, 0) is 0 Å². The Kier molecular flexibility index (Phi) is 4.17. The number of rotatable bonds is 3. The van der Waals surface area contributed by atoms with Crippen LogP contribution in [0.2, 0.25) is 0 Å². The molecule has 0 saturated carbocycles. The minimum atomic E-state index is 0.347. The van der Waals surface area contributed by atoms with E-state index < -0.39 is 0 Å². The number of hydrogen-bond acceptors (Lipinski definition) is 3. The van der Waals surface area contributed by atoms with E-state index in [0.29, 0.717) is 10.8 Å². The molecule has 0 aliphatic heterocycles. The Morgan fingerprint density at radius 2 is 2.00 bits per heavy atom. The first-order valence-electron chi connectivity index (χ1n) is 5.77. The van der Waals surface area contributed by atoms with Gasteiger partial charge >= 0.3 is 0 Å². The van der Waals surface area contributed by atoms with Gasteiger partial charge in [-0.05, 0) is 43.2 Å². The van der Waals surface area contributed by atoms with Gasteiger partial charge < -0.3 is 11.1 Å². The summed E-state index contributed by atoms with van der Waals surface area (Å²) in [5.41, 5.74) is 9.68. The van der Waals surface area contributed by atoms with Crippen molar-refractivity contribution in [2.75, 3.05) is 5.32 Å². The summed E-state index contributed by atoms with van der Waals surface area (Å²) in [7, 11) is 0. The van der Waals surface area contributed by atoms with Crippen LogP contribution < -0.4 is 11.1 Å². The van der Waals surface area contributed by atoms with Crippen molar-refractivity contribution in [1.29, 1.82) is 0 Å². The molecule has 1 aromatic heterocycles. The van der Waals surface area contributed by atoms with Gasteiger partial charge in [-0.2, -0.15) is 0 Å². The van der Waals surface area contributed by atoms with Crippen LogP contribution in [0.1, 0.15) is 16.7 Å². The summed E-state index contributed by atoms with van der Waals surface area (Å²) in [6.07, 6.45) is 1.74. The molecule has 3 nitrogen and oxygen atoms in total. The van der Waals surface area contributed by atoms with E-state index in [4.69, 9.17) is 18.0 Å². The zero-order chi connectivity index (χ0) is 14.0. The van der Waals surface area contributed by atoms with Crippen molar-refractivity contribution in [1.82, 2.24) is 4.98 Å². The molecule has 98 valence electrons. The number of halogens is 1. The smallest absolute Gasteiger partial charge is 0.140 e. The van der Waals surface area contributed by atoms with E-state index in [9.17, 15) is 0 Å². The topological polar surface area (TPSA) is 50.9 Å². The lowest BCUT2D eigenvalue weighted by atomic mass is 10.1. The fourth-order valence-electron chi connectivity index (χ4n) is 1.77. The lowest BCUT2D eigenvalue weighted by Crippen LogP contribution is -2.14. The third-order valence-corrected chi connectivity index (χ3v) is 3.90. The van der Waals surface area contributed by atoms with Gasteiger partial charge in [-0.15, -0.1) is 0 Å². The predicted molar refractivity (Wildman–Crippen MR) is 87.0 cm³/mol. The average molecular weight is 336 g/mol. The Balaban J connectivity index is 2.40. The Morgan fingerprint density at radius 1 is 1.26 bits per heavy atom. The van der Waals surface area contributed by atoms with E-state index in [1.54, 1.807) is 6.20 Å². The standard InChI is InChI=1S/C14H14BrN3S/c1-8-3-4-10(7-11(8)15)18-14-12(13(16)19)9(2)5-6-17-14/h3-7H,1-2H3,(H2,16,19)(H,17,18). The van der Waals surface area contributed by atoms with Crippen LogP contribution in [0.25, 0.3) is 0 Å². The maximum atomic E-state index is 5.77. The molecule has 2 rings (SSSR count). The molecule has 5 heteroatoms. The molecule has 1 aromatic carbocycles. The molecular formula is C14H14BrN3S. The second-order valence-electron chi connectivity index (χ2n) is 4.30. The number of aryl methyl sites for hydroxylation is 2. The summed E-state index contributed by atoms with van der Waals surface area (Å²) >= 11 is 8.60. The Labute approximate surface area is 126 Å². The van der Waals surface area contributed by atoms with Crippen molar-refractivity contribution in [2.24, 2.45) is 5.73 Å². The number of aromatic nitrogens is 1. The monoisotopic (exact) mass is 335 g/mol. The van der Waals surface area contributed by atoms with Crippen molar-refractivity contribution < 1.29 is 0 Å². The summed E-state index contributed by atoms with van der Waals surface area (Å²) in [4.78, 5) is 4.66. The maximum Gasteiger partial charge on any atom is 0.140 e. The normalized spacial score (nSPS) is 10.3. The lowest BCUT2D eigenvalue weighted by molar-refractivity contribution is 1.25. The van der Waals surface area contributed by atoms with Crippen LogP contribution in [0.4, 0.5) is 11.5 Å². The fraction of sp³-hybridized carbons (Fsp3) is 0.143. The summed E-state index contributed by atoms with van der Waals surface area (Å²) < 4.78 is 1.04. The summed E-state index contributed by atoms with van der Waals surface area (Å²) in [5.74, 6) is 0.684. The summed E-state index contributed by atoms with van der Waals surface area (Å²) in [6.45, 7) is 4.01. The van der Waals surface area contributed by atoms with Gasteiger partial charge in [0.25, 0.3) is 0 Å². The zero-order valence-electron chi connectivity index (χ0n) is 10.7. The summed E-state index contributed by atoms with van der Waals surface area (Å²) in [6, 6.07) is 7.92. The lowest BCUT2D eigenvalue weighted by Gasteiger charge is -2.13. The molecule has 0 saturated heterocycles. The van der Waals surface area contributed by atoms with E-state index in [0.717, 1.165) is 21.3 Å². The van der Waals surface area contributed by atoms with Crippen molar-refractivity contribution >= 4 is 44.6 Å². The Bertz CT molecular complexity index is 641. The Morgan fingerprint density at radius 3 is 2.63 bits per heavy atom. The first-order valence-corrected chi connectivity index (χ1v) is 6.97. The summed E-state index contributed by atoms with van der Waals surface area (Å²) in [5, 5.41) is 3.25. The molecule has 19 heavy (non-hydrogen) atoms. The highest BCUT2D eigenvalue weighted by atomic mass is 79.9. The number of thiocarbonyl (C=S) groups is 1. The van der Waals surface area contributed by atoms with Crippen molar-refractivity contribution in [3.8, 4) is 0 Å². The number of hydrogen-bond donors (Lipinski definition) is 2. The van der Waals surface area contributed by atoms with E-state index in [1.807, 2.05) is 38.1 Å². The van der Waals surface area contributed by atoms with E-state index in [1.165, 1.54) is 5.56 Å². The first-order chi connectivity index (χ1) is 8.99. The van der Waals surface area contributed by atoms with Gasteiger partial charge in [-0.1, -0.05) is 34.2 Å². The van der Waals surface area contributed by atoms with Crippen LogP contribution >= 0.6 is 28.1 Å². The van der Waals surface area contributed by atoms with Gasteiger partial charge in [0.1, 0.15) is 10.8 Å². The molecule has 0 atom stereocenters. The van der Waals surface area contributed by atoms with Crippen molar-refractivity contribution in [2.45, 2.75) is 13.8 Å². The van der Waals surface area contributed by atoms with E-state index in [-0.39, 0.29) is 0 Å². The number of pyridine rings is 1. The highest BCUT2D eigenvalue weighted by Gasteiger charge is 2.10. The van der Waals surface area contributed by atoms with E-state index in [2.05, 4.69) is 26.2 Å². The predicted octanol–water partition coefficient (Wildman–Crippen LogP) is 3.84. The van der Waals surface area contributed by atoms with Gasteiger partial charge in [-0.3, -0.25) is 0 Å². The number of nitrogens with two attached hydrogens (primary N) is 1. The Hall–Kier alpha value is -1.46. The zero-order valence-corrected chi connectivity index (χ0v) is 13.1. The molecule has 0 bridgehead atoms. The van der Waals surface area contributed by atoms with Crippen molar-refractivity contribution in [3.63, 3.8) is 0 Å². The molecule has 0 radical (unpaired) electrons. The average Bonchev–Trinajstić information content (AvgIpc) is 2.33. The first kappa shape index (κ1) is 14.0. The van der Waals surface area contributed by atoms with Gasteiger partial charge in [0, 0.05) is 16.4 Å². The number of anilines is 2. The molecule has 3 N–H and O–H groups in total. The molecule has 0 spiro atoms. The molecular weight excluding hydrogens is 322 g/mol. The van der Waals surface area contributed by atoms with Crippen LogP contribution in [0.15, 0.2) is 34.9 Å². The molecule has 0 aliphatic carbocycles. The third kappa shape index (κ3) is 3.11. The van der Waals surface area contributed by atoms with Crippen molar-refractivity contribution in [3.05, 3.63) is 51.6 Å². The minimum absolute atomic E-state index is 0.347. The number of benzene rings is 1. The molecule has 0 unspecified atom stereocenters. The molecule has 0 amide bonds. The van der Waals surface area contributed by atoms with Gasteiger partial charge in [-0.25, -0.2) is 4.98 Å². The SMILES string of the molecule is Cc1ccc(Nc2nccc(C)c2C(N)=S)cc1Br. The second-order valence-corrected chi connectivity index (χ2v) is 5.60. The maximum absolute atomic E-state index is 5.77. The second kappa shape index (κ2) is 5.67. The number of nitrogens with one attached hydrogen (secondary N) is 1. The van der Waals surface area contributed by atoms with Gasteiger partial charge in [0.05, 0.1) is 5.56 Å². The molecule has 0 aliphatic rings. The van der Waals surface area contributed by atoms with Crippen LogP contribution in [0.3, 0.4) is 0 Å². The fourth-order valence-corrected chi connectivity index (χ4v) is 2.41. The molecule has 1 heterocycles. The third-order valence-electron chi connectivity index (χ3n) is 2.84. The van der Waals surface area contributed by atoms with Gasteiger partial charge in [0.2, 0.25) is 0 Å². The highest BCUT2D eigenvalue weighted by Crippen LogP contribution is 2.25. The van der Waals surface area contributed by atoms with Gasteiger partial charge in [0.15, 0.2) is 0 Å². The molecule has 2 aromatic rings. The highest BCUT2D eigenvalue weighted by molar-refractivity contribution is 9.10. The largest absolute Gasteiger partial charge is 0.389 e. The quantitative estimate of drug-likeness (QED) is 0.836. The number of nitrogens with zero attached hydrogens (tertiary/aromatic N) is 1. The van der Waals surface area contributed by atoms with Crippen LogP contribution in [0.5, 0.6) is 0 Å². The molecule has 0 fully saturated rings. The minimum Gasteiger partial charge on any atom is -0.389 e. The van der Waals surface area contributed by atoms with Crippen LogP contribution in [-0.4, -0.2) is 9.97 Å².